The van der Waals surface area contributed by atoms with Crippen LogP contribution in [0.3, 0.4) is 0 Å². The van der Waals surface area contributed by atoms with E-state index in [0.717, 1.165) is 63.6 Å². The monoisotopic (exact) mass is 539 g/mol. The molecule has 166 valence electrons. The van der Waals surface area contributed by atoms with E-state index in [-0.39, 0.29) is 30.1 Å². The van der Waals surface area contributed by atoms with Crippen molar-refractivity contribution in [1.82, 2.24) is 10.2 Å². The topological polar surface area (TPSA) is 55.3 Å². The van der Waals surface area contributed by atoms with Crippen LogP contribution in [0, 0.1) is 0 Å². The smallest absolute Gasteiger partial charge is 0.194 e. The maximum atomic E-state index is 6.12. The summed E-state index contributed by atoms with van der Waals surface area (Å²) < 4.78 is 16.7. The summed E-state index contributed by atoms with van der Waals surface area (Å²) in [7, 11) is 3.43. The zero-order valence-electron chi connectivity index (χ0n) is 17.7. The Hall–Kier alpha value is -0.610. The summed E-state index contributed by atoms with van der Waals surface area (Å²) in [5.74, 6) is 0.935. The Bertz CT molecular complexity index is 598. The minimum Gasteiger partial charge on any atom is -0.385 e. The molecule has 1 N–H and O–H groups in total. The van der Waals surface area contributed by atoms with Crippen LogP contribution in [0.25, 0.3) is 0 Å². The molecule has 6 nitrogen and oxygen atoms in total. The third-order valence-corrected chi connectivity index (χ3v) is 5.07. The zero-order chi connectivity index (χ0) is 20.2. The fourth-order valence-corrected chi connectivity index (χ4v) is 3.50. The van der Waals surface area contributed by atoms with Crippen molar-refractivity contribution in [3.8, 4) is 0 Å². The molecule has 1 heterocycles. The molecule has 0 saturated carbocycles. The lowest BCUT2D eigenvalue weighted by Gasteiger charge is -2.34. The predicted octanol–water partition coefficient (Wildman–Crippen LogP) is 4.13. The third-order valence-electron chi connectivity index (χ3n) is 4.83. The molecule has 0 radical (unpaired) electrons. The van der Waals surface area contributed by atoms with Gasteiger partial charge in [-0.1, -0.05) is 23.7 Å². The number of benzene rings is 1. The fraction of sp³-hybridized carbons (Fsp3) is 0.667. The number of likely N-dealkylation sites (tertiary alicyclic amines) is 1. The molecule has 0 aromatic heterocycles. The first-order chi connectivity index (χ1) is 13.7. The van der Waals surface area contributed by atoms with E-state index in [0.29, 0.717) is 17.7 Å². The number of hydrogen-bond acceptors (Lipinski definition) is 4. The molecule has 2 rings (SSSR count). The van der Waals surface area contributed by atoms with Gasteiger partial charge in [0, 0.05) is 52.1 Å². The number of piperidine rings is 1. The highest BCUT2D eigenvalue weighted by atomic mass is 127. The van der Waals surface area contributed by atoms with Crippen molar-refractivity contribution in [1.29, 1.82) is 0 Å². The normalized spacial score (nSPS) is 16.4. The van der Waals surface area contributed by atoms with Crippen molar-refractivity contribution in [3.63, 3.8) is 0 Å². The van der Waals surface area contributed by atoms with Crippen LogP contribution in [0.4, 0.5) is 0 Å². The summed E-state index contributed by atoms with van der Waals surface area (Å²) in [5, 5.41) is 4.12. The van der Waals surface area contributed by atoms with Gasteiger partial charge in [0.2, 0.25) is 0 Å². The van der Waals surface area contributed by atoms with E-state index in [9.17, 15) is 0 Å². The molecule has 0 aliphatic carbocycles. The number of hydrogen-bond donors (Lipinski definition) is 1. The van der Waals surface area contributed by atoms with Crippen molar-refractivity contribution in [2.75, 3.05) is 53.6 Å². The highest BCUT2D eigenvalue weighted by Crippen LogP contribution is 2.21. The predicted molar refractivity (Wildman–Crippen MR) is 130 cm³/mol. The first kappa shape index (κ1) is 26.4. The molecular weight excluding hydrogens is 505 g/mol. The molecule has 1 aromatic rings. The van der Waals surface area contributed by atoms with Gasteiger partial charge < -0.3 is 24.4 Å². The van der Waals surface area contributed by atoms with Crippen LogP contribution in [0.15, 0.2) is 29.3 Å². The Morgan fingerprint density at radius 1 is 1.28 bits per heavy atom. The molecule has 1 aliphatic rings. The van der Waals surface area contributed by atoms with Gasteiger partial charge in [-0.3, -0.25) is 4.99 Å². The van der Waals surface area contributed by atoms with E-state index in [1.54, 1.807) is 14.2 Å². The van der Waals surface area contributed by atoms with E-state index in [4.69, 9.17) is 30.8 Å². The van der Waals surface area contributed by atoms with Gasteiger partial charge in [0.1, 0.15) is 6.10 Å². The summed E-state index contributed by atoms with van der Waals surface area (Å²) in [6.45, 7) is 6.87. The molecule has 1 unspecified atom stereocenters. The van der Waals surface area contributed by atoms with Gasteiger partial charge in [-0.2, -0.15) is 0 Å². The largest absolute Gasteiger partial charge is 0.385 e. The van der Waals surface area contributed by atoms with Crippen molar-refractivity contribution >= 4 is 41.5 Å². The summed E-state index contributed by atoms with van der Waals surface area (Å²) in [4.78, 5) is 7.14. The molecule has 1 fully saturated rings. The Balaban J connectivity index is 0.00000420. The van der Waals surface area contributed by atoms with E-state index >= 15 is 0 Å². The number of aliphatic imine (C=N–C) groups is 1. The van der Waals surface area contributed by atoms with E-state index in [1.807, 2.05) is 24.3 Å². The highest BCUT2D eigenvalue weighted by Gasteiger charge is 2.22. The summed E-state index contributed by atoms with van der Waals surface area (Å²) in [5.41, 5.74) is 1.04. The van der Waals surface area contributed by atoms with Crippen LogP contribution >= 0.6 is 35.6 Å². The first-order valence-electron chi connectivity index (χ1n) is 10.1. The van der Waals surface area contributed by atoms with E-state index in [2.05, 4.69) is 17.1 Å². The Morgan fingerprint density at radius 2 is 2.03 bits per heavy atom. The third kappa shape index (κ3) is 9.38. The summed E-state index contributed by atoms with van der Waals surface area (Å²) >= 11 is 6.12. The molecular formula is C21H35ClIN3O3. The van der Waals surface area contributed by atoms with Crippen molar-refractivity contribution in [2.45, 2.75) is 38.4 Å². The van der Waals surface area contributed by atoms with Crippen LogP contribution in [0.5, 0.6) is 0 Å². The zero-order valence-corrected chi connectivity index (χ0v) is 20.8. The van der Waals surface area contributed by atoms with Crippen molar-refractivity contribution < 1.29 is 14.2 Å². The lowest BCUT2D eigenvalue weighted by Crippen LogP contribution is -2.47. The first-order valence-corrected chi connectivity index (χ1v) is 10.5. The SMILES string of the molecule is CCNC(=NCC(OC)c1cccc(Cl)c1)N1CCC(OCCCOC)CC1.I. The number of guanidine groups is 1. The van der Waals surface area contributed by atoms with Crippen molar-refractivity contribution in [2.24, 2.45) is 4.99 Å². The van der Waals surface area contributed by atoms with Crippen molar-refractivity contribution in [3.05, 3.63) is 34.9 Å². The van der Waals surface area contributed by atoms with Gasteiger partial charge in [0.15, 0.2) is 5.96 Å². The molecule has 1 saturated heterocycles. The van der Waals surface area contributed by atoms with Crippen LogP contribution < -0.4 is 5.32 Å². The molecule has 8 heteroatoms. The number of rotatable bonds is 10. The molecule has 0 spiro atoms. The Morgan fingerprint density at radius 3 is 2.66 bits per heavy atom. The number of methoxy groups -OCH3 is 2. The van der Waals surface area contributed by atoms with Gasteiger partial charge >= 0.3 is 0 Å². The lowest BCUT2D eigenvalue weighted by molar-refractivity contribution is 0.00984. The second kappa shape index (κ2) is 15.2. The average Bonchev–Trinajstić information content (AvgIpc) is 2.71. The highest BCUT2D eigenvalue weighted by molar-refractivity contribution is 14.0. The second-order valence-electron chi connectivity index (χ2n) is 6.88. The quantitative estimate of drug-likeness (QED) is 0.210. The van der Waals surface area contributed by atoms with Gasteiger partial charge in [-0.25, -0.2) is 0 Å². The molecule has 0 amide bonds. The summed E-state index contributed by atoms with van der Waals surface area (Å²) in [6, 6.07) is 7.77. The van der Waals surface area contributed by atoms with Crippen LogP contribution in [0.2, 0.25) is 5.02 Å². The lowest BCUT2D eigenvalue weighted by atomic mass is 10.1. The Kier molecular flexibility index (Phi) is 13.9. The fourth-order valence-electron chi connectivity index (χ4n) is 3.31. The summed E-state index contributed by atoms with van der Waals surface area (Å²) in [6.07, 6.45) is 3.19. The van der Waals surface area contributed by atoms with E-state index < -0.39 is 0 Å². The maximum absolute atomic E-state index is 6.12. The van der Waals surface area contributed by atoms with Gasteiger partial charge in [-0.05, 0) is 43.9 Å². The molecule has 1 aromatic carbocycles. The van der Waals surface area contributed by atoms with Gasteiger partial charge in [-0.15, -0.1) is 24.0 Å². The number of ether oxygens (including phenoxy) is 3. The molecule has 0 bridgehead atoms. The number of halogens is 2. The minimum absolute atomic E-state index is 0. The Labute approximate surface area is 197 Å². The van der Waals surface area contributed by atoms with E-state index in [1.165, 1.54) is 0 Å². The molecule has 1 atom stereocenters. The average molecular weight is 540 g/mol. The maximum Gasteiger partial charge on any atom is 0.194 e. The van der Waals surface area contributed by atoms with Gasteiger partial charge in [0.05, 0.1) is 12.6 Å². The van der Waals surface area contributed by atoms with Crippen LogP contribution in [-0.4, -0.2) is 70.6 Å². The number of nitrogens with zero attached hydrogens (tertiary/aromatic N) is 2. The van der Waals surface area contributed by atoms with Crippen LogP contribution in [0.1, 0.15) is 37.9 Å². The van der Waals surface area contributed by atoms with Crippen LogP contribution in [-0.2, 0) is 14.2 Å². The molecule has 29 heavy (non-hydrogen) atoms. The standard InChI is InChI=1S/C21H34ClN3O3.HI/c1-4-23-21(24-16-20(27-3)17-7-5-8-18(22)15-17)25-11-9-19(10-12-25)28-14-6-13-26-2;/h5,7-8,15,19-20H,4,6,9-14,16H2,1-3H3,(H,23,24);1H. The second-order valence-corrected chi connectivity index (χ2v) is 7.31. The van der Waals surface area contributed by atoms with Gasteiger partial charge in [0.25, 0.3) is 0 Å². The minimum atomic E-state index is -0.117. The molecule has 1 aliphatic heterocycles. The number of nitrogens with one attached hydrogen (secondary N) is 1.